The Morgan fingerprint density at radius 1 is 1.78 bits per heavy atom. The van der Waals surface area contributed by atoms with Gasteiger partial charge in [0.15, 0.2) is 5.51 Å². The molecule has 9 heavy (non-hydrogen) atoms. The third-order valence-electron chi connectivity index (χ3n) is 1.16. The number of aromatic nitrogens is 1. The van der Waals surface area contributed by atoms with E-state index in [9.17, 15) is 0 Å². The van der Waals surface area contributed by atoms with Crippen molar-refractivity contribution in [2.24, 2.45) is 0 Å². The summed E-state index contributed by atoms with van der Waals surface area (Å²) in [5, 5.41) is 0. The zero-order valence-corrected chi connectivity index (χ0v) is 5.44. The van der Waals surface area contributed by atoms with Gasteiger partial charge in [0.25, 0.3) is 0 Å². The molecule has 0 fully saturated rings. The number of ether oxygens (including phenoxy) is 1. The first-order valence-electron chi connectivity index (χ1n) is 2.61. The van der Waals surface area contributed by atoms with Crippen molar-refractivity contribution in [2.75, 3.05) is 0 Å². The van der Waals surface area contributed by atoms with Gasteiger partial charge < -0.3 is 4.74 Å². The third-order valence-corrected chi connectivity index (χ3v) is 1.91. The van der Waals surface area contributed by atoms with E-state index >= 15 is 0 Å². The second-order valence-electron chi connectivity index (χ2n) is 1.73. The van der Waals surface area contributed by atoms with Gasteiger partial charge in [0.1, 0.15) is 6.61 Å². The molecule has 3 heteroatoms. The molecule has 0 aliphatic carbocycles. The smallest absolute Gasteiger partial charge is 0.153 e. The van der Waals surface area contributed by atoms with E-state index in [0.29, 0.717) is 6.61 Å². The summed E-state index contributed by atoms with van der Waals surface area (Å²) in [5.74, 6) is 0. The van der Waals surface area contributed by atoms with E-state index in [1.807, 2.05) is 6.08 Å². The Kier molecular flexibility index (Phi) is 1.02. The Hall–Kier alpha value is -0.830. The van der Waals surface area contributed by atoms with Crippen LogP contribution in [0.1, 0.15) is 10.6 Å². The van der Waals surface area contributed by atoms with Crippen LogP contribution in [0.3, 0.4) is 0 Å². The Balaban J connectivity index is 2.53. The number of thiazole rings is 1. The van der Waals surface area contributed by atoms with Crippen molar-refractivity contribution in [3.8, 4) is 0 Å². The Morgan fingerprint density at radius 3 is 3.67 bits per heavy atom. The lowest BCUT2D eigenvalue weighted by molar-refractivity contribution is 0.237. The summed E-state index contributed by atoms with van der Waals surface area (Å²) in [6, 6.07) is 0. The average molecular weight is 138 g/mol. The van der Waals surface area contributed by atoms with Crippen LogP contribution >= 0.6 is 11.3 Å². The normalized spacial score (nSPS) is 14.7. The summed E-state index contributed by atoms with van der Waals surface area (Å²) in [5.41, 5.74) is 3.81. The van der Waals surface area contributed by atoms with Crippen LogP contribution in [0.15, 0.2) is 6.26 Å². The van der Waals surface area contributed by atoms with Gasteiger partial charge in [-0.3, -0.25) is 0 Å². The van der Waals surface area contributed by atoms with Crippen molar-refractivity contribution in [3.63, 3.8) is 0 Å². The summed E-state index contributed by atoms with van der Waals surface area (Å²) in [4.78, 5) is 5.15. The fourth-order valence-electron chi connectivity index (χ4n) is 0.712. The summed E-state index contributed by atoms with van der Waals surface area (Å²) in [6.07, 6.45) is 3.52. The minimum atomic E-state index is 0.660. The molecule has 0 unspecified atom stereocenters. The maximum atomic E-state index is 5.02. The lowest BCUT2D eigenvalue weighted by Crippen LogP contribution is -1.90. The maximum Gasteiger partial charge on any atom is 0.153 e. The molecule has 0 N–H and O–H groups in total. The standard InChI is InChI=1S/C6H4NOS/c1-2-8-3-6-5(1)7-4-9-6/h1-2H,3H2. The molecule has 2 nitrogen and oxygen atoms in total. The molecule has 45 valence electrons. The van der Waals surface area contributed by atoms with Gasteiger partial charge in [-0.05, 0) is 6.08 Å². The third kappa shape index (κ3) is 0.733. The predicted octanol–water partition coefficient (Wildman–Crippen LogP) is 1.44. The zero-order chi connectivity index (χ0) is 6.10. The topological polar surface area (TPSA) is 22.1 Å². The number of rotatable bonds is 0. The highest BCUT2D eigenvalue weighted by Crippen LogP contribution is 2.18. The largest absolute Gasteiger partial charge is 0.496 e. The van der Waals surface area contributed by atoms with E-state index in [0.717, 1.165) is 10.6 Å². The van der Waals surface area contributed by atoms with Gasteiger partial charge in [0, 0.05) is 0 Å². The summed E-state index contributed by atoms with van der Waals surface area (Å²) in [7, 11) is 0. The Labute approximate surface area is 56.8 Å². The van der Waals surface area contributed by atoms with Crippen molar-refractivity contribution >= 4 is 17.4 Å². The van der Waals surface area contributed by atoms with Gasteiger partial charge in [-0.15, -0.1) is 11.3 Å². The molecular formula is C6H4NOS. The highest BCUT2D eigenvalue weighted by molar-refractivity contribution is 7.09. The number of hydrogen-bond donors (Lipinski definition) is 0. The molecule has 0 atom stereocenters. The van der Waals surface area contributed by atoms with Crippen LogP contribution in [0.4, 0.5) is 0 Å². The lowest BCUT2D eigenvalue weighted by Gasteiger charge is -2.02. The molecule has 0 bridgehead atoms. The number of hydrogen-bond acceptors (Lipinski definition) is 3. The molecule has 0 spiro atoms. The van der Waals surface area contributed by atoms with E-state index in [-0.39, 0.29) is 0 Å². The molecule has 0 aromatic carbocycles. The molecule has 1 aromatic rings. The van der Waals surface area contributed by atoms with Gasteiger partial charge in [-0.1, -0.05) is 0 Å². The van der Waals surface area contributed by atoms with Crippen LogP contribution in [-0.4, -0.2) is 4.98 Å². The molecule has 1 aliphatic heterocycles. The molecule has 0 amide bonds. The van der Waals surface area contributed by atoms with Crippen molar-refractivity contribution in [3.05, 3.63) is 22.3 Å². The van der Waals surface area contributed by atoms with E-state index in [2.05, 4.69) is 10.5 Å². The van der Waals surface area contributed by atoms with Crippen LogP contribution in [0.25, 0.3) is 6.08 Å². The van der Waals surface area contributed by atoms with Gasteiger partial charge in [-0.2, -0.15) is 0 Å². The lowest BCUT2D eigenvalue weighted by atomic mass is 10.3. The molecule has 2 rings (SSSR count). The van der Waals surface area contributed by atoms with Crippen LogP contribution in [0.5, 0.6) is 0 Å². The van der Waals surface area contributed by atoms with Crippen LogP contribution in [0, 0.1) is 5.51 Å². The molecule has 1 radical (unpaired) electrons. The van der Waals surface area contributed by atoms with Gasteiger partial charge >= 0.3 is 0 Å². The van der Waals surface area contributed by atoms with Crippen LogP contribution in [0.2, 0.25) is 0 Å². The first kappa shape index (κ1) is 4.99. The molecule has 1 aromatic heterocycles. The van der Waals surface area contributed by atoms with E-state index < -0.39 is 0 Å². The second-order valence-corrected chi connectivity index (χ2v) is 2.61. The van der Waals surface area contributed by atoms with E-state index in [1.165, 1.54) is 11.3 Å². The summed E-state index contributed by atoms with van der Waals surface area (Å²) < 4.78 is 5.02. The monoisotopic (exact) mass is 138 g/mol. The number of nitrogens with zero attached hydrogens (tertiary/aromatic N) is 1. The first-order chi connectivity index (χ1) is 4.47. The number of fused-ring (bicyclic) bond motifs is 1. The SMILES string of the molecule is [c]1nc2c(s1)COC=C2. The van der Waals surface area contributed by atoms with Crippen molar-refractivity contribution < 1.29 is 4.74 Å². The van der Waals surface area contributed by atoms with Gasteiger partial charge in [-0.25, -0.2) is 4.98 Å². The fraction of sp³-hybridized carbons (Fsp3) is 0.167. The van der Waals surface area contributed by atoms with Gasteiger partial charge in [0.2, 0.25) is 0 Å². The zero-order valence-electron chi connectivity index (χ0n) is 4.63. The summed E-state index contributed by atoms with van der Waals surface area (Å²) >= 11 is 1.51. The summed E-state index contributed by atoms with van der Waals surface area (Å²) in [6.45, 7) is 0.660. The van der Waals surface area contributed by atoms with E-state index in [4.69, 9.17) is 4.74 Å². The predicted molar refractivity (Wildman–Crippen MR) is 34.8 cm³/mol. The Bertz CT molecular complexity index is 241. The van der Waals surface area contributed by atoms with Crippen molar-refractivity contribution in [2.45, 2.75) is 6.61 Å². The quantitative estimate of drug-likeness (QED) is 0.541. The minimum Gasteiger partial charge on any atom is -0.496 e. The molecule has 2 heterocycles. The molecule has 1 aliphatic rings. The fourth-order valence-corrected chi connectivity index (χ4v) is 1.31. The van der Waals surface area contributed by atoms with Crippen molar-refractivity contribution in [1.29, 1.82) is 0 Å². The molecule has 0 saturated heterocycles. The average Bonchev–Trinajstić information content (AvgIpc) is 2.33. The van der Waals surface area contributed by atoms with Crippen molar-refractivity contribution in [1.82, 2.24) is 4.98 Å². The second kappa shape index (κ2) is 1.84. The van der Waals surface area contributed by atoms with Gasteiger partial charge in [0.05, 0.1) is 16.8 Å². The van der Waals surface area contributed by atoms with Crippen LogP contribution in [-0.2, 0) is 11.3 Å². The van der Waals surface area contributed by atoms with Crippen LogP contribution < -0.4 is 0 Å². The minimum absolute atomic E-state index is 0.660. The molecular weight excluding hydrogens is 134 g/mol. The molecule has 0 saturated carbocycles. The first-order valence-corrected chi connectivity index (χ1v) is 3.42. The Morgan fingerprint density at radius 2 is 2.78 bits per heavy atom. The highest BCUT2D eigenvalue weighted by atomic mass is 32.1. The highest BCUT2D eigenvalue weighted by Gasteiger charge is 2.06. The maximum absolute atomic E-state index is 5.02. The van der Waals surface area contributed by atoms with E-state index in [1.54, 1.807) is 6.26 Å².